The zero-order chi connectivity index (χ0) is 16.7. The Balaban J connectivity index is 2.06. The molecular weight excluding hydrogens is 308 g/mol. The predicted molar refractivity (Wildman–Crippen MR) is 76.7 cm³/mol. The van der Waals surface area contributed by atoms with Crippen LogP contribution >= 0.6 is 0 Å². The summed E-state index contributed by atoms with van der Waals surface area (Å²) < 4.78 is 6.89. The maximum atomic E-state index is 10.3. The van der Waals surface area contributed by atoms with E-state index in [2.05, 4.69) is 15.0 Å². The maximum Gasteiger partial charge on any atom is 0.167 e. The zero-order valence-electron chi connectivity index (χ0n) is 12.0. The van der Waals surface area contributed by atoms with Crippen LogP contribution in [0.3, 0.4) is 0 Å². The number of nitrogens with zero attached hydrogens (tertiary/aromatic N) is 4. The number of nitrogens with two attached hydrogens (primary N) is 2. The second kappa shape index (κ2) is 5.96. The van der Waals surface area contributed by atoms with Gasteiger partial charge in [-0.2, -0.15) is 0 Å². The van der Waals surface area contributed by atoms with E-state index in [4.69, 9.17) is 16.2 Å². The predicted octanol–water partition coefficient (Wildman–Crippen LogP) is -3.29. The first-order chi connectivity index (χ1) is 11.0. The molecule has 8 N–H and O–H groups in total. The van der Waals surface area contributed by atoms with E-state index < -0.39 is 43.3 Å². The Kier molecular flexibility index (Phi) is 4.14. The second-order valence-corrected chi connectivity index (χ2v) is 5.38. The van der Waals surface area contributed by atoms with E-state index in [9.17, 15) is 20.4 Å². The van der Waals surface area contributed by atoms with Crippen molar-refractivity contribution in [1.82, 2.24) is 19.5 Å². The molecular formula is C12H18N6O5. The molecule has 1 aliphatic rings. The van der Waals surface area contributed by atoms with Gasteiger partial charge in [0.05, 0.1) is 19.0 Å². The third kappa shape index (κ3) is 2.52. The average molecular weight is 326 g/mol. The van der Waals surface area contributed by atoms with Crippen LogP contribution in [0, 0.1) is 0 Å². The lowest BCUT2D eigenvalue weighted by Gasteiger charge is -2.26. The normalized spacial score (nSPS) is 35.3. The number of nitrogen functional groups attached to an aromatic ring is 1. The van der Waals surface area contributed by atoms with Gasteiger partial charge in [-0.3, -0.25) is 4.57 Å². The molecule has 0 radical (unpaired) electrons. The molecule has 0 aliphatic carbocycles. The summed E-state index contributed by atoms with van der Waals surface area (Å²) in [6.45, 7) is -0.547. The van der Waals surface area contributed by atoms with Gasteiger partial charge in [-0.05, 0) is 0 Å². The molecule has 0 amide bonds. The fraction of sp³-hybridized carbons (Fsp3) is 0.583. The molecule has 11 heteroatoms. The van der Waals surface area contributed by atoms with E-state index in [1.165, 1.54) is 17.2 Å². The SMILES string of the molecule is Nc1ncnc2c1ncn2[C@@H]1O[C@H](CO)[C@@H](O)[C@@H](N)[C@@H](O)[C@H]1O. The fourth-order valence-electron chi connectivity index (χ4n) is 2.62. The number of aliphatic hydroxyl groups is 4. The molecule has 11 nitrogen and oxygen atoms in total. The average Bonchev–Trinajstić information content (AvgIpc) is 2.95. The van der Waals surface area contributed by atoms with Crippen molar-refractivity contribution < 1.29 is 25.2 Å². The molecule has 0 unspecified atom stereocenters. The lowest BCUT2D eigenvalue weighted by atomic mass is 9.99. The third-order valence-electron chi connectivity index (χ3n) is 3.97. The Morgan fingerprint density at radius 2 is 1.87 bits per heavy atom. The van der Waals surface area contributed by atoms with Gasteiger partial charge in [-0.25, -0.2) is 15.0 Å². The molecule has 0 bridgehead atoms. The summed E-state index contributed by atoms with van der Waals surface area (Å²) in [4.78, 5) is 11.9. The maximum absolute atomic E-state index is 10.3. The molecule has 1 saturated heterocycles. The van der Waals surface area contributed by atoms with E-state index in [0.29, 0.717) is 5.52 Å². The van der Waals surface area contributed by atoms with Gasteiger partial charge >= 0.3 is 0 Å². The van der Waals surface area contributed by atoms with Gasteiger partial charge in [0, 0.05) is 0 Å². The summed E-state index contributed by atoms with van der Waals surface area (Å²) in [6.07, 6.45) is -4.06. The summed E-state index contributed by atoms with van der Waals surface area (Å²) in [5, 5.41) is 39.9. The van der Waals surface area contributed by atoms with Crippen LogP contribution in [0.1, 0.15) is 6.23 Å². The van der Waals surface area contributed by atoms with Crippen LogP contribution in [-0.2, 0) is 4.74 Å². The number of imidazole rings is 1. The molecule has 3 heterocycles. The molecule has 2 aromatic rings. The molecule has 0 saturated carbocycles. The van der Waals surface area contributed by atoms with Crippen LogP contribution in [-0.4, -0.2) is 77.0 Å². The van der Waals surface area contributed by atoms with Crippen molar-refractivity contribution in [2.75, 3.05) is 12.3 Å². The first kappa shape index (κ1) is 16.0. The van der Waals surface area contributed by atoms with Crippen LogP contribution in [0.25, 0.3) is 11.2 Å². The lowest BCUT2D eigenvalue weighted by Crippen LogP contribution is -2.52. The molecule has 126 valence electrons. The number of rotatable bonds is 2. The van der Waals surface area contributed by atoms with Crippen LogP contribution < -0.4 is 11.5 Å². The standard InChI is InChI=1S/C12H18N6O5/c13-5-7(20)4(1-19)23-12(9(22)8(5)21)18-3-17-6-10(14)15-2-16-11(6)18/h2-5,7-9,12,19-22H,1,13H2,(H2,14,15,16)/t4-,5-,7-,8-,9-,12-/m1/s1. The number of hydrogen-bond acceptors (Lipinski definition) is 10. The lowest BCUT2D eigenvalue weighted by molar-refractivity contribution is -0.149. The quantitative estimate of drug-likeness (QED) is 0.326. The van der Waals surface area contributed by atoms with E-state index in [-0.39, 0.29) is 11.5 Å². The number of aliphatic hydroxyl groups excluding tert-OH is 4. The van der Waals surface area contributed by atoms with Gasteiger partial charge in [0.25, 0.3) is 0 Å². The van der Waals surface area contributed by atoms with Crippen LogP contribution in [0.15, 0.2) is 12.7 Å². The minimum atomic E-state index is -1.48. The third-order valence-corrected chi connectivity index (χ3v) is 3.97. The number of ether oxygens (including phenoxy) is 1. The molecule has 1 fully saturated rings. The minimum absolute atomic E-state index is 0.146. The first-order valence-electron chi connectivity index (χ1n) is 6.94. The van der Waals surface area contributed by atoms with Gasteiger partial charge in [-0.15, -0.1) is 0 Å². The smallest absolute Gasteiger partial charge is 0.167 e. The highest BCUT2D eigenvalue weighted by molar-refractivity contribution is 5.81. The number of anilines is 1. The van der Waals surface area contributed by atoms with E-state index in [1.54, 1.807) is 0 Å². The van der Waals surface area contributed by atoms with Crippen molar-refractivity contribution in [2.24, 2.45) is 5.73 Å². The monoisotopic (exact) mass is 326 g/mol. The van der Waals surface area contributed by atoms with Crippen molar-refractivity contribution >= 4 is 17.0 Å². The van der Waals surface area contributed by atoms with Crippen molar-refractivity contribution in [3.8, 4) is 0 Å². The van der Waals surface area contributed by atoms with Crippen LogP contribution in [0.4, 0.5) is 5.82 Å². The van der Waals surface area contributed by atoms with Crippen molar-refractivity contribution in [2.45, 2.75) is 36.7 Å². The van der Waals surface area contributed by atoms with Gasteiger partial charge in [-0.1, -0.05) is 0 Å². The fourth-order valence-corrected chi connectivity index (χ4v) is 2.62. The highest BCUT2D eigenvalue weighted by atomic mass is 16.5. The topological polar surface area (TPSA) is 186 Å². The highest BCUT2D eigenvalue weighted by Crippen LogP contribution is 2.29. The molecule has 23 heavy (non-hydrogen) atoms. The van der Waals surface area contributed by atoms with Crippen LogP contribution in [0.2, 0.25) is 0 Å². The molecule has 0 spiro atoms. The molecule has 2 aromatic heterocycles. The molecule has 0 aromatic carbocycles. The summed E-state index contributed by atoms with van der Waals surface area (Å²) >= 11 is 0. The highest BCUT2D eigenvalue weighted by Gasteiger charge is 2.44. The Labute approximate surface area is 130 Å². The molecule has 6 atom stereocenters. The van der Waals surface area contributed by atoms with Crippen molar-refractivity contribution in [3.63, 3.8) is 0 Å². The van der Waals surface area contributed by atoms with Gasteiger partial charge in [0.15, 0.2) is 17.7 Å². The van der Waals surface area contributed by atoms with Crippen molar-refractivity contribution in [1.29, 1.82) is 0 Å². The van der Waals surface area contributed by atoms with Gasteiger partial charge < -0.3 is 36.6 Å². The second-order valence-electron chi connectivity index (χ2n) is 5.38. The molecule has 3 rings (SSSR count). The van der Waals surface area contributed by atoms with Gasteiger partial charge in [0.2, 0.25) is 0 Å². The van der Waals surface area contributed by atoms with E-state index in [1.807, 2.05) is 0 Å². The summed E-state index contributed by atoms with van der Waals surface area (Å²) in [7, 11) is 0. The zero-order valence-corrected chi connectivity index (χ0v) is 12.0. The number of hydrogen-bond donors (Lipinski definition) is 6. The number of fused-ring (bicyclic) bond motifs is 1. The van der Waals surface area contributed by atoms with Crippen LogP contribution in [0.5, 0.6) is 0 Å². The summed E-state index contributed by atoms with van der Waals surface area (Å²) in [5.74, 6) is 0.146. The van der Waals surface area contributed by atoms with Gasteiger partial charge in [0.1, 0.15) is 36.3 Å². The Morgan fingerprint density at radius 3 is 2.57 bits per heavy atom. The Bertz CT molecular complexity index is 694. The molecule has 1 aliphatic heterocycles. The minimum Gasteiger partial charge on any atom is -0.394 e. The van der Waals surface area contributed by atoms with E-state index >= 15 is 0 Å². The Hall–Kier alpha value is -1.89. The summed E-state index contributed by atoms with van der Waals surface area (Å²) in [5.41, 5.74) is 12.0. The van der Waals surface area contributed by atoms with E-state index in [0.717, 1.165) is 0 Å². The largest absolute Gasteiger partial charge is 0.394 e. The Morgan fingerprint density at radius 1 is 1.13 bits per heavy atom. The first-order valence-corrected chi connectivity index (χ1v) is 6.94. The van der Waals surface area contributed by atoms with Crippen molar-refractivity contribution in [3.05, 3.63) is 12.7 Å². The number of aromatic nitrogens is 4. The summed E-state index contributed by atoms with van der Waals surface area (Å²) in [6, 6.07) is -1.19.